The van der Waals surface area contributed by atoms with E-state index in [1.165, 1.54) is 21.0 Å². The van der Waals surface area contributed by atoms with Crippen molar-refractivity contribution in [3.05, 3.63) is 45.7 Å². The van der Waals surface area contributed by atoms with Crippen molar-refractivity contribution in [2.24, 2.45) is 10.2 Å². The molecular weight excluding hydrogens is 524 g/mol. The topological polar surface area (TPSA) is 140 Å². The molecule has 12 nitrogen and oxygen atoms in total. The number of sulfonamides is 1. The molecule has 1 aliphatic rings. The van der Waals surface area contributed by atoms with Gasteiger partial charge in [0.2, 0.25) is 10.0 Å². The van der Waals surface area contributed by atoms with Gasteiger partial charge in [-0.3, -0.25) is 14.3 Å². The van der Waals surface area contributed by atoms with Gasteiger partial charge in [-0.05, 0) is 70.7 Å². The van der Waals surface area contributed by atoms with E-state index >= 15 is 0 Å². The minimum atomic E-state index is -3.66. The fraction of sp³-hybridized carbons (Fsp3) is 0.577. The highest BCUT2D eigenvalue weighted by Gasteiger charge is 2.28. The number of hydrogen-bond acceptors (Lipinski definition) is 10. The summed E-state index contributed by atoms with van der Waals surface area (Å²) in [5, 5.41) is 27.7. The summed E-state index contributed by atoms with van der Waals surface area (Å²) >= 11 is 0. The predicted molar refractivity (Wildman–Crippen MR) is 149 cm³/mol. The van der Waals surface area contributed by atoms with Crippen molar-refractivity contribution in [1.82, 2.24) is 18.7 Å². The van der Waals surface area contributed by atoms with Crippen LogP contribution in [0.2, 0.25) is 0 Å². The summed E-state index contributed by atoms with van der Waals surface area (Å²) in [4.78, 5) is 17.4. The molecule has 2 N–H and O–H groups in total. The molecule has 1 aliphatic heterocycles. The molecule has 39 heavy (non-hydrogen) atoms. The fourth-order valence-corrected chi connectivity index (χ4v) is 5.72. The summed E-state index contributed by atoms with van der Waals surface area (Å²) in [6.45, 7) is 8.00. The molecule has 0 spiro atoms. The molecule has 216 valence electrons. The quantitative estimate of drug-likeness (QED) is 0.278. The number of benzene rings is 1. The number of aliphatic hydroxyl groups is 1. The molecule has 13 heteroatoms. The van der Waals surface area contributed by atoms with Crippen LogP contribution in [0.3, 0.4) is 0 Å². The van der Waals surface area contributed by atoms with E-state index in [0.717, 1.165) is 6.54 Å². The van der Waals surface area contributed by atoms with Gasteiger partial charge < -0.3 is 19.8 Å². The van der Waals surface area contributed by atoms with Gasteiger partial charge in [0.15, 0.2) is 11.6 Å². The van der Waals surface area contributed by atoms with Gasteiger partial charge in [-0.25, -0.2) is 8.42 Å². The molecule has 0 amide bonds. The van der Waals surface area contributed by atoms with E-state index in [1.807, 2.05) is 19.0 Å². The van der Waals surface area contributed by atoms with Gasteiger partial charge in [0, 0.05) is 44.8 Å². The molecule has 3 rings (SSSR count). The van der Waals surface area contributed by atoms with Crippen LogP contribution < -0.4 is 5.56 Å². The highest BCUT2D eigenvalue weighted by atomic mass is 32.2. The van der Waals surface area contributed by atoms with Gasteiger partial charge in [0.05, 0.1) is 30.4 Å². The van der Waals surface area contributed by atoms with E-state index in [1.54, 1.807) is 26.0 Å². The van der Waals surface area contributed by atoms with Crippen LogP contribution in [-0.4, -0.2) is 110 Å². The monoisotopic (exact) mass is 564 g/mol. The number of piperazine rings is 1. The summed E-state index contributed by atoms with van der Waals surface area (Å²) in [5.74, 6) is -0.0689. The second-order valence-electron chi connectivity index (χ2n) is 9.81. The molecule has 2 heterocycles. The number of ether oxygens (including phenoxy) is 1. The Morgan fingerprint density at radius 2 is 1.64 bits per heavy atom. The number of pyridine rings is 1. The zero-order valence-electron chi connectivity index (χ0n) is 23.2. The number of aromatic hydroxyl groups is 1. The van der Waals surface area contributed by atoms with Crippen LogP contribution in [0.1, 0.15) is 17.5 Å². The van der Waals surface area contributed by atoms with E-state index in [-0.39, 0.29) is 23.1 Å². The van der Waals surface area contributed by atoms with E-state index in [9.17, 15) is 18.3 Å². The van der Waals surface area contributed by atoms with Crippen LogP contribution in [0.4, 0.5) is 11.4 Å². The molecule has 0 unspecified atom stereocenters. The van der Waals surface area contributed by atoms with E-state index in [4.69, 9.17) is 9.84 Å². The average Bonchev–Trinajstić information content (AvgIpc) is 2.92. The lowest BCUT2D eigenvalue weighted by Crippen LogP contribution is -2.49. The zero-order chi connectivity index (χ0) is 28.6. The first-order valence-electron chi connectivity index (χ1n) is 13.1. The SMILES string of the molecule is Cc1c(C)c(O)n(CCCN(C)C)c(=O)c1N=Nc1ccc(S(=O)(=O)N2CCN(CCOCCO)CC2)cc1. The van der Waals surface area contributed by atoms with Crippen LogP contribution in [0.15, 0.2) is 44.2 Å². The van der Waals surface area contributed by atoms with Gasteiger partial charge in [-0.15, -0.1) is 5.11 Å². The van der Waals surface area contributed by atoms with Gasteiger partial charge >= 0.3 is 0 Å². The Morgan fingerprint density at radius 1 is 0.974 bits per heavy atom. The van der Waals surface area contributed by atoms with Gasteiger partial charge in [-0.2, -0.15) is 9.42 Å². The second kappa shape index (κ2) is 14.1. The molecule has 0 aliphatic carbocycles. The maximum Gasteiger partial charge on any atom is 0.281 e. The third-order valence-electron chi connectivity index (χ3n) is 6.80. The second-order valence-corrected chi connectivity index (χ2v) is 11.7. The molecule has 1 aromatic heterocycles. The Labute approximate surface area is 230 Å². The molecule has 0 bridgehead atoms. The van der Waals surface area contributed by atoms with Crippen molar-refractivity contribution in [3.63, 3.8) is 0 Å². The molecule has 0 saturated carbocycles. The summed E-state index contributed by atoms with van der Waals surface area (Å²) in [6, 6.07) is 6.10. The number of rotatable bonds is 13. The highest BCUT2D eigenvalue weighted by Crippen LogP contribution is 2.27. The first-order chi connectivity index (χ1) is 18.6. The summed E-state index contributed by atoms with van der Waals surface area (Å²) in [5.41, 5.74) is 1.24. The smallest absolute Gasteiger partial charge is 0.281 e. The maximum absolute atomic E-state index is 13.1. The Morgan fingerprint density at radius 3 is 2.26 bits per heavy atom. The molecule has 0 radical (unpaired) electrons. The van der Waals surface area contributed by atoms with E-state index in [2.05, 4.69) is 15.1 Å². The van der Waals surface area contributed by atoms with Crippen molar-refractivity contribution in [3.8, 4) is 5.88 Å². The lowest BCUT2D eigenvalue weighted by atomic mass is 10.1. The largest absolute Gasteiger partial charge is 0.494 e. The van der Waals surface area contributed by atoms with Crippen LogP contribution in [0.25, 0.3) is 0 Å². The first kappa shape index (κ1) is 30.9. The maximum atomic E-state index is 13.1. The normalized spacial score (nSPS) is 15.5. The Kier molecular flexibility index (Phi) is 11.2. The number of aromatic nitrogens is 1. The Hall–Kier alpha value is -2.68. The molecule has 0 atom stereocenters. The lowest BCUT2D eigenvalue weighted by molar-refractivity contribution is 0.0661. The number of hydrogen-bond donors (Lipinski definition) is 2. The van der Waals surface area contributed by atoms with Crippen molar-refractivity contribution in [2.75, 3.05) is 73.2 Å². The minimum Gasteiger partial charge on any atom is -0.494 e. The van der Waals surface area contributed by atoms with Crippen molar-refractivity contribution >= 4 is 21.4 Å². The standard InChI is InChI=1S/C26H40N6O6S/c1-20-21(2)25(34)32(11-5-10-29(3)4)26(35)24(20)28-27-22-6-8-23(9-7-22)39(36,37)31-14-12-30(13-15-31)16-18-38-19-17-33/h6-9,33-34H,5,10-19H2,1-4H3. The first-order valence-corrected chi connectivity index (χ1v) is 14.5. The van der Waals surface area contributed by atoms with Crippen LogP contribution >= 0.6 is 0 Å². The predicted octanol–water partition coefficient (Wildman–Crippen LogP) is 1.85. The fourth-order valence-electron chi connectivity index (χ4n) is 4.30. The van der Waals surface area contributed by atoms with Crippen molar-refractivity contribution < 1.29 is 23.4 Å². The summed E-state index contributed by atoms with van der Waals surface area (Å²) in [6.07, 6.45) is 0.684. The van der Waals surface area contributed by atoms with E-state index < -0.39 is 15.6 Å². The van der Waals surface area contributed by atoms with Crippen LogP contribution in [0, 0.1) is 13.8 Å². The number of aliphatic hydroxyl groups excluding tert-OH is 1. The molecule has 1 fully saturated rings. The summed E-state index contributed by atoms with van der Waals surface area (Å²) in [7, 11) is 0.229. The zero-order valence-corrected chi connectivity index (χ0v) is 24.0. The third-order valence-corrected chi connectivity index (χ3v) is 8.72. The average molecular weight is 565 g/mol. The van der Waals surface area contributed by atoms with Crippen molar-refractivity contribution in [1.29, 1.82) is 0 Å². The molecular formula is C26H40N6O6S. The summed E-state index contributed by atoms with van der Waals surface area (Å²) < 4.78 is 34.4. The van der Waals surface area contributed by atoms with Crippen LogP contribution in [-0.2, 0) is 21.3 Å². The van der Waals surface area contributed by atoms with Crippen LogP contribution in [0.5, 0.6) is 5.88 Å². The van der Waals surface area contributed by atoms with Gasteiger partial charge in [0.1, 0.15) is 0 Å². The lowest BCUT2D eigenvalue weighted by Gasteiger charge is -2.33. The Bertz CT molecular complexity index is 1290. The third kappa shape index (κ3) is 7.93. The number of nitrogens with zero attached hydrogens (tertiary/aromatic N) is 6. The minimum absolute atomic E-state index is 0.0146. The number of azo groups is 1. The molecule has 1 aromatic carbocycles. The van der Waals surface area contributed by atoms with E-state index in [0.29, 0.717) is 75.7 Å². The molecule has 1 saturated heterocycles. The van der Waals surface area contributed by atoms with Gasteiger partial charge in [-0.1, -0.05) is 0 Å². The van der Waals surface area contributed by atoms with Gasteiger partial charge in [0.25, 0.3) is 5.56 Å². The molecule has 2 aromatic rings. The van der Waals surface area contributed by atoms with Crippen molar-refractivity contribution in [2.45, 2.75) is 31.7 Å². The highest BCUT2D eigenvalue weighted by molar-refractivity contribution is 7.89. The Balaban J connectivity index is 1.69.